The van der Waals surface area contributed by atoms with Crippen molar-refractivity contribution in [2.24, 2.45) is 52.3 Å². The lowest BCUT2D eigenvalue weighted by molar-refractivity contribution is -0.152. The van der Waals surface area contributed by atoms with Gasteiger partial charge >= 0.3 is 5.97 Å². The third kappa shape index (κ3) is 8.00. The van der Waals surface area contributed by atoms with Gasteiger partial charge in [0, 0.05) is 18.8 Å². The van der Waals surface area contributed by atoms with Gasteiger partial charge in [-0.15, -0.1) is 0 Å². The van der Waals surface area contributed by atoms with E-state index in [0.717, 1.165) is 48.7 Å². The molecule has 4 rings (SSSR count). The van der Waals surface area contributed by atoms with Gasteiger partial charge in [0.15, 0.2) is 0 Å². The Bertz CT molecular complexity index is 870. The zero-order valence-corrected chi connectivity index (χ0v) is 29.2. The molecule has 0 bridgehead atoms. The maximum absolute atomic E-state index is 12.6. The number of rotatable bonds is 16. The van der Waals surface area contributed by atoms with E-state index in [2.05, 4.69) is 53.3 Å². The van der Waals surface area contributed by atoms with Crippen LogP contribution in [0.25, 0.3) is 0 Å². The maximum atomic E-state index is 12.6. The summed E-state index contributed by atoms with van der Waals surface area (Å²) in [5, 5.41) is 0.768. The van der Waals surface area contributed by atoms with Crippen molar-refractivity contribution in [1.82, 2.24) is 0 Å². The minimum atomic E-state index is 0.0248. The molecule has 4 aliphatic carbocycles. The smallest absolute Gasteiger partial charge is 0.305 e. The first-order valence-electron chi connectivity index (χ1n) is 18.4. The van der Waals surface area contributed by atoms with E-state index >= 15 is 0 Å². The average molecular weight is 603 g/mol. The van der Waals surface area contributed by atoms with Crippen molar-refractivity contribution in [3.05, 3.63) is 0 Å². The Morgan fingerprint density at radius 1 is 0.810 bits per heavy atom. The van der Waals surface area contributed by atoms with Gasteiger partial charge in [0.2, 0.25) is 0 Å². The summed E-state index contributed by atoms with van der Waals surface area (Å²) >= 11 is 2.09. The summed E-state index contributed by atoms with van der Waals surface area (Å²) in [5.41, 5.74) is 0.752. The van der Waals surface area contributed by atoms with Crippen LogP contribution >= 0.6 is 11.8 Å². The average Bonchev–Trinajstić information content (AvgIpc) is 3.31. The Morgan fingerprint density at radius 2 is 1.43 bits per heavy atom. The molecule has 4 heteroatoms. The molecule has 4 fully saturated rings. The summed E-state index contributed by atoms with van der Waals surface area (Å²) in [4.78, 5) is 25.1. The number of thioether (sulfide) groups is 1. The fourth-order valence-electron chi connectivity index (χ4n) is 10.8. The van der Waals surface area contributed by atoms with Crippen LogP contribution in [0, 0.1) is 52.3 Å². The number of hydrogen-bond acceptors (Lipinski definition) is 4. The Kier molecular flexibility index (Phi) is 12.8. The van der Waals surface area contributed by atoms with E-state index in [0.29, 0.717) is 47.4 Å². The van der Waals surface area contributed by atoms with E-state index in [1.807, 2.05) is 0 Å². The summed E-state index contributed by atoms with van der Waals surface area (Å²) in [6.07, 6.45) is 22.0. The normalized spacial score (nSPS) is 36.8. The quantitative estimate of drug-likeness (QED) is 0.130. The highest BCUT2D eigenvalue weighted by Crippen LogP contribution is 2.68. The third-order valence-corrected chi connectivity index (χ3v) is 14.4. The first kappa shape index (κ1) is 34.4. The number of unbranched alkanes of at least 4 members (excludes halogenated alkanes) is 8. The molecule has 0 aromatic carbocycles. The minimum absolute atomic E-state index is 0.0248. The standard InChI is InChI=1S/C38H66O3S/c1-27(2)42-25-15-13-11-9-7-8-10-12-14-16-36(40)41-26-28(3)31-19-20-33-30-17-18-32-29(4)35(39)22-24-38(32,6)34(30)21-23-37(31,33)5/h27-34H,7-26H2,1-6H3/t28?,29?,30-,31+,32?,33-,34-,37+,38-/m0/s1. The zero-order valence-electron chi connectivity index (χ0n) is 28.4. The first-order valence-corrected chi connectivity index (χ1v) is 19.4. The predicted molar refractivity (Wildman–Crippen MR) is 179 cm³/mol. The van der Waals surface area contributed by atoms with Crippen LogP contribution in [0.5, 0.6) is 0 Å². The second kappa shape index (κ2) is 15.7. The van der Waals surface area contributed by atoms with Crippen molar-refractivity contribution >= 4 is 23.5 Å². The van der Waals surface area contributed by atoms with Gasteiger partial charge in [-0.2, -0.15) is 11.8 Å². The summed E-state index contributed by atoms with van der Waals surface area (Å²) in [6, 6.07) is 0. The molecule has 0 spiro atoms. The number of esters is 1. The van der Waals surface area contributed by atoms with Gasteiger partial charge in [-0.3, -0.25) is 9.59 Å². The SMILES string of the molecule is CC(C)SCCCCCCCCCCCC(=O)OCC(C)[C@H]1CC[C@H]2[C@@H]3CCC4C(C)C(=O)CC[C@]4(C)[C@H]3CC[C@]12C. The van der Waals surface area contributed by atoms with Gasteiger partial charge in [0.05, 0.1) is 6.61 Å². The number of carbonyl (C=O) groups excluding carboxylic acids is 2. The Hall–Kier alpha value is -0.510. The predicted octanol–water partition coefficient (Wildman–Crippen LogP) is 10.7. The molecular weight excluding hydrogens is 536 g/mol. The van der Waals surface area contributed by atoms with Crippen molar-refractivity contribution in [3.8, 4) is 0 Å². The molecule has 0 aromatic rings. The number of fused-ring (bicyclic) bond motifs is 5. The fourth-order valence-corrected chi connectivity index (χ4v) is 11.7. The zero-order chi connectivity index (χ0) is 30.3. The van der Waals surface area contributed by atoms with E-state index in [1.54, 1.807) is 0 Å². The molecule has 0 aromatic heterocycles. The summed E-state index contributed by atoms with van der Waals surface area (Å²) in [7, 11) is 0. The van der Waals surface area contributed by atoms with Crippen LogP contribution in [-0.4, -0.2) is 29.4 Å². The minimum Gasteiger partial charge on any atom is -0.465 e. The Labute approximate surface area is 264 Å². The van der Waals surface area contributed by atoms with Crippen molar-refractivity contribution in [2.45, 2.75) is 162 Å². The van der Waals surface area contributed by atoms with Crippen LogP contribution in [-0.2, 0) is 14.3 Å². The monoisotopic (exact) mass is 602 g/mol. The lowest BCUT2D eigenvalue weighted by Gasteiger charge is -2.61. The van der Waals surface area contributed by atoms with E-state index in [4.69, 9.17) is 4.74 Å². The molecule has 0 heterocycles. The molecule has 4 saturated carbocycles. The highest BCUT2D eigenvalue weighted by Gasteiger charge is 2.61. The number of Topliss-reactive ketones (excluding diaryl/α,β-unsaturated/α-hetero) is 1. The molecule has 0 radical (unpaired) electrons. The molecule has 9 atom stereocenters. The van der Waals surface area contributed by atoms with E-state index in [9.17, 15) is 9.59 Å². The summed E-state index contributed by atoms with van der Waals surface area (Å²) < 4.78 is 5.89. The molecule has 0 saturated heterocycles. The lowest BCUT2D eigenvalue weighted by atomic mass is 9.43. The van der Waals surface area contributed by atoms with Crippen molar-refractivity contribution in [1.29, 1.82) is 0 Å². The second-order valence-corrected chi connectivity index (χ2v) is 17.7. The largest absolute Gasteiger partial charge is 0.465 e. The molecule has 3 nitrogen and oxygen atoms in total. The maximum Gasteiger partial charge on any atom is 0.305 e. The van der Waals surface area contributed by atoms with Gasteiger partial charge in [-0.25, -0.2) is 0 Å². The van der Waals surface area contributed by atoms with Gasteiger partial charge in [-0.05, 0) is 115 Å². The first-order chi connectivity index (χ1) is 20.1. The van der Waals surface area contributed by atoms with Gasteiger partial charge < -0.3 is 4.74 Å². The van der Waals surface area contributed by atoms with Crippen molar-refractivity contribution < 1.29 is 14.3 Å². The van der Waals surface area contributed by atoms with Crippen LogP contribution < -0.4 is 0 Å². The number of carbonyl (C=O) groups is 2. The van der Waals surface area contributed by atoms with Crippen LogP contribution in [0.2, 0.25) is 0 Å². The topological polar surface area (TPSA) is 43.4 Å². The van der Waals surface area contributed by atoms with E-state index in [1.165, 1.54) is 89.2 Å². The van der Waals surface area contributed by atoms with Gasteiger partial charge in [-0.1, -0.05) is 86.5 Å². The number of hydrogen-bond donors (Lipinski definition) is 0. The molecule has 0 amide bonds. The molecule has 4 aliphatic rings. The fraction of sp³-hybridized carbons (Fsp3) is 0.947. The Morgan fingerprint density at radius 3 is 2.12 bits per heavy atom. The third-order valence-electron chi connectivity index (χ3n) is 13.2. The summed E-state index contributed by atoms with van der Waals surface area (Å²) in [5.74, 6) is 6.30. The molecule has 0 aliphatic heterocycles. The molecule has 3 unspecified atom stereocenters. The van der Waals surface area contributed by atoms with Crippen LogP contribution in [0.15, 0.2) is 0 Å². The Balaban J connectivity index is 1.12. The van der Waals surface area contributed by atoms with Gasteiger partial charge in [0.25, 0.3) is 0 Å². The molecular formula is C38H66O3S. The second-order valence-electron chi connectivity index (χ2n) is 16.1. The molecule has 242 valence electrons. The van der Waals surface area contributed by atoms with E-state index in [-0.39, 0.29) is 11.9 Å². The van der Waals surface area contributed by atoms with E-state index < -0.39 is 0 Å². The number of ketones is 1. The van der Waals surface area contributed by atoms with Gasteiger partial charge in [0.1, 0.15) is 5.78 Å². The highest BCUT2D eigenvalue weighted by atomic mass is 32.2. The van der Waals surface area contributed by atoms with Crippen molar-refractivity contribution in [3.63, 3.8) is 0 Å². The van der Waals surface area contributed by atoms with Crippen LogP contribution in [0.3, 0.4) is 0 Å². The summed E-state index contributed by atoms with van der Waals surface area (Å²) in [6.45, 7) is 14.9. The lowest BCUT2D eigenvalue weighted by Crippen LogP contribution is -2.55. The molecule has 0 N–H and O–H groups in total. The number of ether oxygens (including phenoxy) is 1. The highest BCUT2D eigenvalue weighted by molar-refractivity contribution is 7.99. The molecule has 42 heavy (non-hydrogen) atoms. The van der Waals surface area contributed by atoms with Crippen molar-refractivity contribution in [2.75, 3.05) is 12.4 Å². The van der Waals surface area contributed by atoms with Crippen LogP contribution in [0.1, 0.15) is 157 Å². The van der Waals surface area contributed by atoms with Crippen LogP contribution in [0.4, 0.5) is 0 Å².